The fourth-order valence-electron chi connectivity index (χ4n) is 3.96. The molecule has 2 saturated heterocycles. The Morgan fingerprint density at radius 1 is 1.37 bits per heavy atom. The highest BCUT2D eigenvalue weighted by molar-refractivity contribution is 5.00. The van der Waals surface area contributed by atoms with E-state index in [1.54, 1.807) is 0 Å². The Balaban J connectivity index is 2.01. The van der Waals surface area contributed by atoms with E-state index in [2.05, 4.69) is 30.6 Å². The number of nitrogens with two attached hydrogens (primary N) is 1. The first-order valence-electron chi connectivity index (χ1n) is 7.96. The second kappa shape index (κ2) is 6.53. The van der Waals surface area contributed by atoms with Gasteiger partial charge in [-0.2, -0.15) is 0 Å². The van der Waals surface area contributed by atoms with E-state index in [0.29, 0.717) is 6.10 Å². The predicted octanol–water partition coefficient (Wildman–Crippen LogP) is 1.30. The third-order valence-electron chi connectivity index (χ3n) is 5.18. The van der Waals surface area contributed by atoms with Crippen LogP contribution in [0.3, 0.4) is 0 Å². The lowest BCUT2D eigenvalue weighted by molar-refractivity contribution is -0.0584. The van der Waals surface area contributed by atoms with Crippen molar-refractivity contribution < 1.29 is 4.74 Å². The Labute approximate surface area is 118 Å². The van der Waals surface area contributed by atoms with Crippen LogP contribution in [0, 0.1) is 0 Å². The predicted molar refractivity (Wildman–Crippen MR) is 79.3 cm³/mol. The van der Waals surface area contributed by atoms with Crippen molar-refractivity contribution in [2.45, 2.75) is 57.7 Å². The number of likely N-dealkylation sites (tertiary alicyclic amines) is 1. The van der Waals surface area contributed by atoms with Crippen LogP contribution in [0.15, 0.2) is 0 Å². The van der Waals surface area contributed by atoms with Gasteiger partial charge in [-0.25, -0.2) is 0 Å². The van der Waals surface area contributed by atoms with Crippen LogP contribution in [-0.2, 0) is 4.74 Å². The molecule has 112 valence electrons. The zero-order valence-electron chi connectivity index (χ0n) is 12.9. The molecule has 0 radical (unpaired) electrons. The largest absolute Gasteiger partial charge is 0.378 e. The van der Waals surface area contributed by atoms with Gasteiger partial charge in [-0.3, -0.25) is 9.80 Å². The van der Waals surface area contributed by atoms with Crippen LogP contribution in [0.1, 0.15) is 40.0 Å². The smallest absolute Gasteiger partial charge is 0.0565 e. The minimum absolute atomic E-state index is 0.194. The van der Waals surface area contributed by atoms with E-state index in [-0.39, 0.29) is 5.54 Å². The van der Waals surface area contributed by atoms with Crippen LogP contribution >= 0.6 is 0 Å². The molecule has 0 aromatic heterocycles. The normalized spacial score (nSPS) is 37.1. The zero-order chi connectivity index (χ0) is 13.9. The molecule has 2 aliphatic heterocycles. The van der Waals surface area contributed by atoms with Crippen molar-refractivity contribution in [1.82, 2.24) is 9.80 Å². The molecule has 2 rings (SSSR count). The summed E-state index contributed by atoms with van der Waals surface area (Å²) < 4.78 is 5.72. The first kappa shape index (κ1) is 15.2. The zero-order valence-corrected chi connectivity index (χ0v) is 12.9. The van der Waals surface area contributed by atoms with Crippen molar-refractivity contribution in [3.05, 3.63) is 0 Å². The van der Waals surface area contributed by atoms with Crippen molar-refractivity contribution in [3.63, 3.8) is 0 Å². The highest BCUT2D eigenvalue weighted by Gasteiger charge is 2.43. The topological polar surface area (TPSA) is 41.7 Å². The number of hydrogen-bond acceptors (Lipinski definition) is 4. The van der Waals surface area contributed by atoms with Crippen LogP contribution in [0.25, 0.3) is 0 Å². The Hall–Kier alpha value is -0.160. The number of hydrogen-bond donors (Lipinski definition) is 1. The average Bonchev–Trinajstić information content (AvgIpc) is 2.90. The van der Waals surface area contributed by atoms with Crippen molar-refractivity contribution in [2.75, 3.05) is 39.3 Å². The van der Waals surface area contributed by atoms with E-state index in [0.717, 1.165) is 45.1 Å². The lowest BCUT2D eigenvalue weighted by Gasteiger charge is -2.46. The van der Waals surface area contributed by atoms with E-state index in [9.17, 15) is 0 Å². The number of rotatable bonds is 5. The van der Waals surface area contributed by atoms with E-state index >= 15 is 0 Å². The molecule has 0 amide bonds. The number of likely N-dealkylation sites (N-methyl/N-ethyl adjacent to an activating group) is 1. The van der Waals surface area contributed by atoms with Gasteiger partial charge in [0.15, 0.2) is 0 Å². The first-order chi connectivity index (χ1) is 9.15. The van der Waals surface area contributed by atoms with Crippen LogP contribution in [-0.4, -0.2) is 66.8 Å². The lowest BCUT2D eigenvalue weighted by atomic mass is 9.85. The third kappa shape index (κ3) is 3.13. The maximum atomic E-state index is 6.16. The summed E-state index contributed by atoms with van der Waals surface area (Å²) in [5, 5.41) is 0. The SMILES string of the molecule is CCN(CC)C1CCN(C2(CN)CCOC(C)C2)C1. The molecule has 0 spiro atoms. The number of ether oxygens (including phenoxy) is 1. The molecular weight excluding hydrogens is 238 g/mol. The maximum absolute atomic E-state index is 6.16. The molecule has 0 aliphatic carbocycles. The summed E-state index contributed by atoms with van der Waals surface area (Å²) in [5.74, 6) is 0. The second-order valence-electron chi connectivity index (χ2n) is 6.17. The van der Waals surface area contributed by atoms with Gasteiger partial charge in [-0.1, -0.05) is 13.8 Å². The monoisotopic (exact) mass is 269 g/mol. The van der Waals surface area contributed by atoms with Crippen LogP contribution in [0.5, 0.6) is 0 Å². The minimum atomic E-state index is 0.194. The minimum Gasteiger partial charge on any atom is -0.378 e. The summed E-state index contributed by atoms with van der Waals surface area (Å²) in [4.78, 5) is 5.25. The molecular formula is C15H31N3O. The van der Waals surface area contributed by atoms with E-state index < -0.39 is 0 Å². The molecule has 19 heavy (non-hydrogen) atoms. The van der Waals surface area contributed by atoms with Crippen LogP contribution in [0.4, 0.5) is 0 Å². The second-order valence-corrected chi connectivity index (χ2v) is 6.17. The summed E-state index contributed by atoms with van der Waals surface area (Å²) in [6.45, 7) is 13.0. The quantitative estimate of drug-likeness (QED) is 0.817. The molecule has 4 nitrogen and oxygen atoms in total. The van der Waals surface area contributed by atoms with E-state index in [1.807, 2.05) is 0 Å². The molecule has 2 heterocycles. The van der Waals surface area contributed by atoms with Gasteiger partial charge >= 0.3 is 0 Å². The molecule has 0 saturated carbocycles. The van der Waals surface area contributed by atoms with Crippen LogP contribution in [0.2, 0.25) is 0 Å². The molecule has 0 aromatic rings. The summed E-state index contributed by atoms with van der Waals surface area (Å²) in [7, 11) is 0. The molecule has 2 fully saturated rings. The van der Waals surface area contributed by atoms with Gasteiger partial charge in [0.25, 0.3) is 0 Å². The Bertz CT molecular complexity index is 283. The van der Waals surface area contributed by atoms with Crippen LogP contribution < -0.4 is 5.73 Å². The summed E-state index contributed by atoms with van der Waals surface area (Å²) >= 11 is 0. The molecule has 3 unspecified atom stereocenters. The molecule has 3 atom stereocenters. The van der Waals surface area contributed by atoms with Crippen molar-refractivity contribution in [2.24, 2.45) is 5.73 Å². The Morgan fingerprint density at radius 2 is 2.11 bits per heavy atom. The average molecular weight is 269 g/mol. The summed E-state index contributed by atoms with van der Waals surface area (Å²) in [6.07, 6.45) is 3.83. The third-order valence-corrected chi connectivity index (χ3v) is 5.18. The van der Waals surface area contributed by atoms with Gasteiger partial charge in [0.2, 0.25) is 0 Å². The van der Waals surface area contributed by atoms with Gasteiger partial charge in [0.1, 0.15) is 0 Å². The molecule has 0 bridgehead atoms. The van der Waals surface area contributed by atoms with Gasteiger partial charge in [0, 0.05) is 37.8 Å². The van der Waals surface area contributed by atoms with Gasteiger partial charge < -0.3 is 10.5 Å². The maximum Gasteiger partial charge on any atom is 0.0565 e. The van der Waals surface area contributed by atoms with Gasteiger partial charge in [0.05, 0.1) is 6.10 Å². The fourth-order valence-corrected chi connectivity index (χ4v) is 3.96. The first-order valence-corrected chi connectivity index (χ1v) is 7.96. The highest BCUT2D eigenvalue weighted by atomic mass is 16.5. The summed E-state index contributed by atoms with van der Waals surface area (Å²) in [6, 6.07) is 0.719. The van der Waals surface area contributed by atoms with Crippen molar-refractivity contribution in [3.8, 4) is 0 Å². The van der Waals surface area contributed by atoms with Gasteiger partial charge in [-0.15, -0.1) is 0 Å². The molecule has 2 aliphatic rings. The van der Waals surface area contributed by atoms with Crippen molar-refractivity contribution >= 4 is 0 Å². The van der Waals surface area contributed by atoms with E-state index in [1.165, 1.54) is 19.5 Å². The molecule has 0 aromatic carbocycles. The van der Waals surface area contributed by atoms with E-state index in [4.69, 9.17) is 10.5 Å². The number of nitrogens with zero attached hydrogens (tertiary/aromatic N) is 2. The standard InChI is InChI=1S/C15H31N3O/c1-4-17(5-2)14-6-8-18(11-14)15(12-16)7-9-19-13(3)10-15/h13-14H,4-12,16H2,1-3H3. The highest BCUT2D eigenvalue weighted by Crippen LogP contribution is 2.33. The summed E-state index contributed by atoms with van der Waals surface area (Å²) in [5.41, 5.74) is 6.35. The Kier molecular flexibility index (Phi) is 5.23. The van der Waals surface area contributed by atoms with Crippen molar-refractivity contribution in [1.29, 1.82) is 0 Å². The molecule has 2 N–H and O–H groups in total. The Morgan fingerprint density at radius 3 is 2.68 bits per heavy atom. The molecule has 4 heteroatoms. The van der Waals surface area contributed by atoms with Gasteiger partial charge in [-0.05, 0) is 39.3 Å². The lowest BCUT2D eigenvalue weighted by Crippen LogP contribution is -2.58. The fraction of sp³-hybridized carbons (Fsp3) is 1.00.